The van der Waals surface area contributed by atoms with Crippen LogP contribution in [-0.2, 0) is 9.47 Å². The van der Waals surface area contributed by atoms with Gasteiger partial charge in [0.1, 0.15) is 0 Å². The molecule has 0 aromatic rings. The van der Waals surface area contributed by atoms with Crippen LogP contribution in [0.4, 0.5) is 0 Å². The molecular formula is C19H40N4O2. The average molecular weight is 357 g/mol. The molecule has 1 fully saturated rings. The largest absolute Gasteiger partial charge is 0.380 e. The van der Waals surface area contributed by atoms with Crippen LogP contribution in [0.2, 0.25) is 0 Å². The van der Waals surface area contributed by atoms with Crippen LogP contribution < -0.4 is 10.6 Å². The molecular weight excluding hydrogens is 316 g/mol. The minimum Gasteiger partial charge on any atom is -0.380 e. The fourth-order valence-electron chi connectivity index (χ4n) is 3.35. The molecule has 6 heteroatoms. The summed E-state index contributed by atoms with van der Waals surface area (Å²) in [4.78, 5) is 6.92. The number of rotatable bonds is 12. The van der Waals surface area contributed by atoms with Gasteiger partial charge in [-0.1, -0.05) is 40.0 Å². The maximum atomic E-state index is 5.60. The number of guanidine groups is 1. The lowest BCUT2D eigenvalue weighted by Crippen LogP contribution is -2.53. The summed E-state index contributed by atoms with van der Waals surface area (Å²) in [7, 11) is 1.83. The Bertz CT molecular complexity index is 342. The molecule has 148 valence electrons. The van der Waals surface area contributed by atoms with Crippen LogP contribution >= 0.6 is 0 Å². The standard InChI is InChI=1S/C19H40N4O2/c1-5-8-12-24-13-9-21-19(20-4)22-16-18(17(6-2)7-3)23-10-14-25-15-11-23/h17-18H,5-16H2,1-4H3,(H2,20,21,22). The van der Waals surface area contributed by atoms with E-state index >= 15 is 0 Å². The van der Waals surface area contributed by atoms with Crippen molar-refractivity contribution in [3.63, 3.8) is 0 Å². The van der Waals surface area contributed by atoms with Crippen molar-refractivity contribution in [1.82, 2.24) is 15.5 Å². The third kappa shape index (κ3) is 8.88. The molecule has 0 amide bonds. The topological polar surface area (TPSA) is 58.1 Å². The molecule has 0 aromatic carbocycles. The second-order valence-electron chi connectivity index (χ2n) is 6.64. The fraction of sp³-hybridized carbons (Fsp3) is 0.947. The van der Waals surface area contributed by atoms with Gasteiger partial charge in [-0.2, -0.15) is 0 Å². The summed E-state index contributed by atoms with van der Waals surface area (Å²) < 4.78 is 11.1. The number of ether oxygens (including phenoxy) is 2. The first-order chi connectivity index (χ1) is 12.3. The van der Waals surface area contributed by atoms with E-state index in [-0.39, 0.29) is 0 Å². The Kier molecular flexibility index (Phi) is 12.7. The van der Waals surface area contributed by atoms with E-state index in [1.807, 2.05) is 7.05 Å². The number of aliphatic imine (C=N–C) groups is 1. The highest BCUT2D eigenvalue weighted by Gasteiger charge is 2.26. The molecule has 25 heavy (non-hydrogen) atoms. The smallest absolute Gasteiger partial charge is 0.191 e. The monoisotopic (exact) mass is 356 g/mol. The first kappa shape index (κ1) is 22.2. The van der Waals surface area contributed by atoms with Gasteiger partial charge in [0.05, 0.1) is 19.8 Å². The molecule has 0 aliphatic carbocycles. The first-order valence-electron chi connectivity index (χ1n) is 10.1. The summed E-state index contributed by atoms with van der Waals surface area (Å²) in [5.74, 6) is 1.56. The summed E-state index contributed by atoms with van der Waals surface area (Å²) in [5.41, 5.74) is 0. The molecule has 1 heterocycles. The highest BCUT2D eigenvalue weighted by Crippen LogP contribution is 2.19. The van der Waals surface area contributed by atoms with E-state index in [9.17, 15) is 0 Å². The minimum absolute atomic E-state index is 0.526. The second-order valence-corrected chi connectivity index (χ2v) is 6.64. The number of nitrogens with one attached hydrogen (secondary N) is 2. The Hall–Kier alpha value is -0.850. The molecule has 1 atom stereocenters. The zero-order valence-corrected chi connectivity index (χ0v) is 16.9. The summed E-state index contributed by atoms with van der Waals surface area (Å²) >= 11 is 0. The van der Waals surface area contributed by atoms with Crippen LogP contribution in [0.3, 0.4) is 0 Å². The Morgan fingerprint density at radius 1 is 1.12 bits per heavy atom. The SMILES string of the molecule is CCCCOCCNC(=NC)NCC(C(CC)CC)N1CCOCC1. The van der Waals surface area contributed by atoms with E-state index in [4.69, 9.17) is 9.47 Å². The Morgan fingerprint density at radius 3 is 2.44 bits per heavy atom. The highest BCUT2D eigenvalue weighted by atomic mass is 16.5. The van der Waals surface area contributed by atoms with Crippen molar-refractivity contribution >= 4 is 5.96 Å². The molecule has 1 aliphatic rings. The zero-order valence-electron chi connectivity index (χ0n) is 16.9. The first-order valence-corrected chi connectivity index (χ1v) is 10.1. The Balaban J connectivity index is 2.41. The highest BCUT2D eigenvalue weighted by molar-refractivity contribution is 5.79. The summed E-state index contributed by atoms with van der Waals surface area (Å²) in [5, 5.41) is 6.87. The van der Waals surface area contributed by atoms with Crippen molar-refractivity contribution < 1.29 is 9.47 Å². The number of nitrogens with zero attached hydrogens (tertiary/aromatic N) is 2. The molecule has 0 saturated carbocycles. The minimum atomic E-state index is 0.526. The molecule has 2 N–H and O–H groups in total. The van der Waals surface area contributed by atoms with E-state index in [0.717, 1.165) is 65.0 Å². The van der Waals surface area contributed by atoms with Crippen molar-refractivity contribution in [2.24, 2.45) is 10.9 Å². The molecule has 0 spiro atoms. The van der Waals surface area contributed by atoms with Gasteiger partial charge in [0.2, 0.25) is 0 Å². The van der Waals surface area contributed by atoms with Crippen LogP contribution in [-0.4, -0.2) is 76.6 Å². The van der Waals surface area contributed by atoms with E-state index < -0.39 is 0 Å². The van der Waals surface area contributed by atoms with Crippen LogP contribution in [0.1, 0.15) is 46.5 Å². The normalized spacial score (nSPS) is 17.7. The lowest BCUT2D eigenvalue weighted by atomic mass is 9.92. The fourth-order valence-corrected chi connectivity index (χ4v) is 3.35. The Morgan fingerprint density at radius 2 is 1.84 bits per heavy atom. The maximum Gasteiger partial charge on any atom is 0.191 e. The Labute approximate surface area is 154 Å². The van der Waals surface area contributed by atoms with Crippen LogP contribution in [0.25, 0.3) is 0 Å². The lowest BCUT2D eigenvalue weighted by Gasteiger charge is -2.39. The molecule has 1 rings (SSSR count). The molecule has 1 saturated heterocycles. The predicted octanol–water partition coefficient (Wildman–Crippen LogP) is 2.11. The number of hydrogen-bond acceptors (Lipinski definition) is 4. The van der Waals surface area contributed by atoms with E-state index in [1.54, 1.807) is 0 Å². The molecule has 0 radical (unpaired) electrons. The predicted molar refractivity (Wildman–Crippen MR) is 105 cm³/mol. The van der Waals surface area contributed by atoms with Gasteiger partial charge in [0.15, 0.2) is 5.96 Å². The molecule has 1 unspecified atom stereocenters. The van der Waals surface area contributed by atoms with Crippen molar-refractivity contribution in [2.75, 3.05) is 59.7 Å². The summed E-state index contributed by atoms with van der Waals surface area (Å²) in [6.07, 6.45) is 4.72. The van der Waals surface area contributed by atoms with Gasteiger partial charge in [0.25, 0.3) is 0 Å². The summed E-state index contributed by atoms with van der Waals surface area (Å²) in [6, 6.07) is 0.526. The molecule has 0 bridgehead atoms. The second kappa shape index (κ2) is 14.3. The molecule has 1 aliphatic heterocycles. The van der Waals surface area contributed by atoms with Crippen LogP contribution in [0.5, 0.6) is 0 Å². The third-order valence-corrected chi connectivity index (χ3v) is 4.99. The van der Waals surface area contributed by atoms with Crippen LogP contribution in [0, 0.1) is 5.92 Å². The van der Waals surface area contributed by atoms with Gasteiger partial charge in [-0.25, -0.2) is 0 Å². The molecule has 6 nitrogen and oxygen atoms in total. The maximum absolute atomic E-state index is 5.60. The van der Waals surface area contributed by atoms with Gasteiger partial charge < -0.3 is 20.1 Å². The quantitative estimate of drug-likeness (QED) is 0.319. The van der Waals surface area contributed by atoms with E-state index in [0.29, 0.717) is 12.0 Å². The molecule has 0 aromatic heterocycles. The zero-order chi connectivity index (χ0) is 18.3. The van der Waals surface area contributed by atoms with Crippen LogP contribution in [0.15, 0.2) is 4.99 Å². The lowest BCUT2D eigenvalue weighted by molar-refractivity contribution is 0.00271. The van der Waals surface area contributed by atoms with Gasteiger partial charge in [0, 0.05) is 45.9 Å². The number of morpholine rings is 1. The third-order valence-electron chi connectivity index (χ3n) is 4.99. The van der Waals surface area contributed by atoms with E-state index in [2.05, 4.69) is 41.3 Å². The average Bonchev–Trinajstić information content (AvgIpc) is 2.66. The van der Waals surface area contributed by atoms with Gasteiger partial charge >= 0.3 is 0 Å². The van der Waals surface area contributed by atoms with Crippen molar-refractivity contribution in [1.29, 1.82) is 0 Å². The number of unbranched alkanes of at least 4 members (excludes halogenated alkanes) is 1. The van der Waals surface area contributed by atoms with Crippen molar-refractivity contribution in [2.45, 2.75) is 52.5 Å². The number of hydrogen-bond donors (Lipinski definition) is 2. The van der Waals surface area contributed by atoms with E-state index in [1.165, 1.54) is 19.3 Å². The van der Waals surface area contributed by atoms with Gasteiger partial charge in [-0.3, -0.25) is 9.89 Å². The van der Waals surface area contributed by atoms with Crippen molar-refractivity contribution in [3.05, 3.63) is 0 Å². The van der Waals surface area contributed by atoms with Gasteiger partial charge in [-0.15, -0.1) is 0 Å². The van der Waals surface area contributed by atoms with Gasteiger partial charge in [-0.05, 0) is 12.3 Å². The summed E-state index contributed by atoms with van der Waals surface area (Å²) in [6.45, 7) is 13.8. The van der Waals surface area contributed by atoms with Crippen molar-refractivity contribution in [3.8, 4) is 0 Å².